The monoisotopic (exact) mass is 532 g/mol. The van der Waals surface area contributed by atoms with E-state index < -0.39 is 15.6 Å². The van der Waals surface area contributed by atoms with Gasteiger partial charge in [-0.3, -0.25) is 9.13 Å². The van der Waals surface area contributed by atoms with Crippen molar-refractivity contribution in [3.8, 4) is 0 Å². The van der Waals surface area contributed by atoms with Crippen LogP contribution in [0.1, 0.15) is 64.2 Å². The average Bonchev–Trinajstić information content (AvgIpc) is 2.65. The maximum absolute atomic E-state index is 11.7. The molecule has 2 atom stereocenters. The molecule has 34 heavy (non-hydrogen) atoms. The summed E-state index contributed by atoms with van der Waals surface area (Å²) in [6.07, 6.45) is 9.88. The summed E-state index contributed by atoms with van der Waals surface area (Å²) in [4.78, 5) is 23.3. The molecule has 0 aromatic heterocycles. The highest BCUT2D eigenvalue weighted by molar-refractivity contribution is 7.46. The summed E-state index contributed by atoms with van der Waals surface area (Å²) in [5, 5.41) is 0. The molecule has 0 amide bonds. The molecule has 0 aromatic carbocycles. The largest absolute Gasteiger partial charge is 0.756 e. The van der Waals surface area contributed by atoms with Gasteiger partial charge in [-0.25, -0.2) is 0 Å². The highest BCUT2D eigenvalue weighted by atomic mass is 31.2. The molecule has 0 aliphatic rings. The molecule has 0 saturated heterocycles. The summed E-state index contributed by atoms with van der Waals surface area (Å²) in [5.74, 6) is 0. The third-order valence-corrected chi connectivity index (χ3v) is 7.06. The van der Waals surface area contributed by atoms with Gasteiger partial charge in [0.05, 0.1) is 55.5 Å². The summed E-state index contributed by atoms with van der Waals surface area (Å²) in [7, 11) is 3.43. The number of unbranched alkanes of at least 4 members (excludes halogenated alkanes) is 9. The van der Waals surface area contributed by atoms with E-state index in [0.29, 0.717) is 34.9 Å². The normalized spacial score (nSPS) is 16.4. The first-order valence-corrected chi connectivity index (χ1v) is 15.4. The number of nitrogens with zero attached hydrogens (tertiary/aromatic N) is 2. The topological polar surface area (TPSA) is 117 Å². The molecule has 12 heteroatoms. The van der Waals surface area contributed by atoms with E-state index >= 15 is 0 Å². The van der Waals surface area contributed by atoms with Crippen LogP contribution in [-0.4, -0.2) is 90.8 Å². The van der Waals surface area contributed by atoms with Gasteiger partial charge in [-0.15, -0.1) is 0 Å². The van der Waals surface area contributed by atoms with E-state index in [1.165, 1.54) is 0 Å². The van der Waals surface area contributed by atoms with Crippen LogP contribution >= 0.6 is 15.6 Å². The molecule has 206 valence electrons. The van der Waals surface area contributed by atoms with Crippen molar-refractivity contribution in [2.24, 2.45) is 0 Å². The molecule has 0 aliphatic carbocycles. The average molecular weight is 533 g/mol. The highest BCUT2D eigenvalue weighted by Gasteiger charge is 2.14. The van der Waals surface area contributed by atoms with Gasteiger partial charge in [0.2, 0.25) is 0 Å². The Morgan fingerprint density at radius 3 is 0.971 bits per heavy atom. The third kappa shape index (κ3) is 25.2. The van der Waals surface area contributed by atoms with Gasteiger partial charge in [-0.05, 0) is 12.8 Å². The maximum Gasteiger partial charge on any atom is 0.268 e. The summed E-state index contributed by atoms with van der Waals surface area (Å²) in [5.41, 5.74) is 0. The van der Waals surface area contributed by atoms with Crippen LogP contribution in [0, 0.1) is 0 Å². The number of rotatable bonds is 23. The number of hydrogen-bond donors (Lipinski definition) is 0. The standard InChI is InChI=1S/C22H50N2O8P2/c1-23(2,3)17-21-31-33(25,26)29-19-15-13-11-9-7-8-10-12-14-16-20-30-34(27,28)32-22-18-24(4,5)6/h7-22H2,1-6H3. The lowest BCUT2D eigenvalue weighted by atomic mass is 10.1. The van der Waals surface area contributed by atoms with Gasteiger partial charge in [0.15, 0.2) is 0 Å². The van der Waals surface area contributed by atoms with Gasteiger partial charge >= 0.3 is 0 Å². The van der Waals surface area contributed by atoms with E-state index in [4.69, 9.17) is 18.1 Å². The van der Waals surface area contributed by atoms with Gasteiger partial charge in [-0.2, -0.15) is 0 Å². The van der Waals surface area contributed by atoms with Gasteiger partial charge in [0.25, 0.3) is 15.6 Å². The molecule has 0 fully saturated rings. The minimum atomic E-state index is -4.19. The summed E-state index contributed by atoms with van der Waals surface area (Å²) < 4.78 is 44.2. The molecule has 10 nitrogen and oxygen atoms in total. The second kappa shape index (κ2) is 17.6. The molecule has 0 heterocycles. The molecule has 2 unspecified atom stereocenters. The Kier molecular flexibility index (Phi) is 17.6. The molecular weight excluding hydrogens is 482 g/mol. The SMILES string of the molecule is C[N+](C)(C)CCOP(=O)([O-])OCCCCCCCCCCCCOP(=O)([O-])OCC[N+](C)(C)C. The summed E-state index contributed by atoms with van der Waals surface area (Å²) in [6.45, 7) is 1.79. The summed E-state index contributed by atoms with van der Waals surface area (Å²) >= 11 is 0. The van der Waals surface area contributed by atoms with Crippen LogP contribution in [0.25, 0.3) is 0 Å². The third-order valence-electron chi connectivity index (χ3n) is 5.06. The second-order valence-corrected chi connectivity index (χ2v) is 13.6. The van der Waals surface area contributed by atoms with E-state index in [1.807, 2.05) is 42.3 Å². The lowest BCUT2D eigenvalue weighted by molar-refractivity contribution is -0.870. The van der Waals surface area contributed by atoms with E-state index in [1.54, 1.807) is 0 Å². The number of phosphoric ester groups is 2. The molecule has 0 bridgehead atoms. The molecule has 0 radical (unpaired) electrons. The fourth-order valence-corrected chi connectivity index (χ4v) is 4.36. The minimum absolute atomic E-state index is 0.127. The van der Waals surface area contributed by atoms with E-state index in [2.05, 4.69) is 0 Å². The lowest BCUT2D eigenvalue weighted by Crippen LogP contribution is -2.37. The molecule has 0 aromatic rings. The van der Waals surface area contributed by atoms with Crippen molar-refractivity contribution >= 4 is 15.6 Å². The van der Waals surface area contributed by atoms with Crippen molar-refractivity contribution in [2.45, 2.75) is 64.2 Å². The Balaban J connectivity index is 3.48. The highest BCUT2D eigenvalue weighted by Crippen LogP contribution is 2.39. The first-order valence-electron chi connectivity index (χ1n) is 12.4. The Hall–Kier alpha value is 0.140. The van der Waals surface area contributed by atoms with Gasteiger partial charge in [0.1, 0.15) is 26.3 Å². The minimum Gasteiger partial charge on any atom is -0.756 e. The molecule has 0 N–H and O–H groups in total. The number of phosphoric acid groups is 2. The fraction of sp³-hybridized carbons (Fsp3) is 1.00. The van der Waals surface area contributed by atoms with Crippen molar-refractivity contribution in [1.82, 2.24) is 0 Å². The van der Waals surface area contributed by atoms with Crippen molar-refractivity contribution in [3.05, 3.63) is 0 Å². The Bertz CT molecular complexity index is 557. The van der Waals surface area contributed by atoms with Crippen LogP contribution < -0.4 is 9.79 Å². The van der Waals surface area contributed by atoms with Crippen LogP contribution in [0.4, 0.5) is 0 Å². The molecule has 0 rings (SSSR count). The van der Waals surface area contributed by atoms with Crippen LogP contribution in [0.2, 0.25) is 0 Å². The molecule has 0 saturated carbocycles. The van der Waals surface area contributed by atoms with Crippen LogP contribution in [0.5, 0.6) is 0 Å². The zero-order valence-electron chi connectivity index (χ0n) is 22.4. The predicted octanol–water partition coefficient (Wildman–Crippen LogP) is 3.30. The Labute approximate surface area is 207 Å². The zero-order chi connectivity index (χ0) is 26.1. The van der Waals surface area contributed by atoms with Gasteiger partial charge < -0.3 is 36.8 Å². The van der Waals surface area contributed by atoms with Crippen molar-refractivity contribution < 1.29 is 46.0 Å². The van der Waals surface area contributed by atoms with Gasteiger partial charge in [0, 0.05) is 0 Å². The van der Waals surface area contributed by atoms with E-state index in [0.717, 1.165) is 51.4 Å². The second-order valence-electron chi connectivity index (χ2n) is 10.8. The zero-order valence-corrected chi connectivity index (χ0v) is 24.2. The smallest absolute Gasteiger partial charge is 0.268 e. The lowest BCUT2D eigenvalue weighted by Gasteiger charge is -2.27. The molecule has 0 spiro atoms. The van der Waals surface area contributed by atoms with Gasteiger partial charge in [-0.1, -0.05) is 51.4 Å². The molecular formula is C22H50N2O8P2. The first kappa shape index (κ1) is 34.1. The molecule has 0 aliphatic heterocycles. The van der Waals surface area contributed by atoms with E-state index in [-0.39, 0.29) is 26.4 Å². The number of hydrogen-bond acceptors (Lipinski definition) is 8. The van der Waals surface area contributed by atoms with Crippen LogP contribution in [0.15, 0.2) is 0 Å². The quantitative estimate of drug-likeness (QED) is 0.112. The van der Waals surface area contributed by atoms with Crippen molar-refractivity contribution in [1.29, 1.82) is 0 Å². The fourth-order valence-electron chi connectivity index (χ4n) is 2.90. The van der Waals surface area contributed by atoms with Crippen molar-refractivity contribution in [3.63, 3.8) is 0 Å². The van der Waals surface area contributed by atoms with Crippen LogP contribution in [-0.2, 0) is 27.2 Å². The van der Waals surface area contributed by atoms with Crippen molar-refractivity contribution in [2.75, 3.05) is 81.8 Å². The summed E-state index contributed by atoms with van der Waals surface area (Å²) in [6, 6.07) is 0. The first-order chi connectivity index (χ1) is 15.6. The van der Waals surface area contributed by atoms with Crippen LogP contribution in [0.3, 0.4) is 0 Å². The number of likely N-dealkylation sites (N-methyl/N-ethyl adjacent to an activating group) is 2. The maximum atomic E-state index is 11.7. The number of quaternary nitrogens is 2. The Morgan fingerprint density at radius 1 is 0.471 bits per heavy atom. The van der Waals surface area contributed by atoms with E-state index in [9.17, 15) is 18.9 Å². The predicted molar refractivity (Wildman–Crippen MR) is 131 cm³/mol. The Morgan fingerprint density at radius 2 is 0.706 bits per heavy atom.